The Bertz CT molecular complexity index is 2700. The van der Waals surface area contributed by atoms with Crippen molar-refractivity contribution in [2.45, 2.75) is 69.4 Å². The molecule has 1 N–H and O–H groups in total. The highest BCUT2D eigenvalue weighted by Crippen LogP contribution is 2.35. The zero-order valence-corrected chi connectivity index (χ0v) is 33.6. The van der Waals surface area contributed by atoms with Crippen LogP contribution in [-0.2, 0) is 23.1 Å². The number of nitrogens with zero attached hydrogens (tertiary/aromatic N) is 5. The number of ether oxygens (including phenoxy) is 3. The molecule has 3 aliphatic heterocycles. The first-order valence-electron chi connectivity index (χ1n) is 20.8. The summed E-state index contributed by atoms with van der Waals surface area (Å²) >= 11 is 0. The van der Waals surface area contributed by atoms with Gasteiger partial charge in [0.25, 0.3) is 5.91 Å². The maximum atomic E-state index is 13.1. The number of fused-ring (bicyclic) bond motifs is 4. The van der Waals surface area contributed by atoms with Crippen LogP contribution >= 0.6 is 0 Å². The SMILES string of the molecule is C=C1CCC(N2Cc3cc(OCC#Cc4cccc(N5CCC(OC6CC(Oc7ccc(-c8ccc9c%10cnccc%10n(C)c9c8)cn7)C6)CC5)c4)ccc3C2=O)C(=O)N1. The van der Waals surface area contributed by atoms with Crippen molar-refractivity contribution in [2.75, 3.05) is 24.6 Å². The van der Waals surface area contributed by atoms with Crippen molar-refractivity contribution in [3.63, 3.8) is 0 Å². The van der Waals surface area contributed by atoms with Gasteiger partial charge in [0.2, 0.25) is 11.8 Å². The van der Waals surface area contributed by atoms with Crippen LogP contribution < -0.4 is 19.7 Å². The lowest BCUT2D eigenvalue weighted by molar-refractivity contribution is -0.126. The molecule has 3 fully saturated rings. The molecular weight excluding hydrogens is 753 g/mol. The van der Waals surface area contributed by atoms with Crippen LogP contribution in [0.2, 0.25) is 0 Å². The third-order valence-electron chi connectivity index (χ3n) is 12.4. The van der Waals surface area contributed by atoms with Crippen LogP contribution in [0.25, 0.3) is 32.9 Å². The van der Waals surface area contributed by atoms with Crippen LogP contribution in [0, 0.1) is 11.8 Å². The highest BCUT2D eigenvalue weighted by Gasteiger charge is 2.38. The molecule has 2 saturated heterocycles. The van der Waals surface area contributed by atoms with Gasteiger partial charge in [0.05, 0.1) is 17.7 Å². The number of nitrogens with one attached hydrogen (secondary N) is 1. The number of carbonyl (C=O) groups excluding carboxylic acids is 2. The van der Waals surface area contributed by atoms with Gasteiger partial charge in [-0.3, -0.25) is 14.6 Å². The second-order valence-corrected chi connectivity index (χ2v) is 16.3. The van der Waals surface area contributed by atoms with Gasteiger partial charge in [-0.05, 0) is 91.4 Å². The standard InChI is InChI=1S/C49H46N6O5/c1-31-8-14-45(48(56)52-31)55-30-35-24-38(11-13-41(35)49(55)57)58-22-4-6-32-5-3-7-36(23-32)54-20-17-37(18-21-54)59-39-26-40(27-39)60-47-15-10-34(28-51-47)33-9-12-42-43-29-50-19-16-44(43)53(2)46(42)25-33/h3,5,7,9-13,15-16,19,23-25,28-29,37,39-40,45H,1,8,14,17-18,20-22,26-27,30H2,2H3,(H,52,56). The molecule has 11 nitrogen and oxygen atoms in total. The highest BCUT2D eigenvalue weighted by molar-refractivity contribution is 6.08. The number of rotatable bonds is 9. The number of aromatic nitrogens is 3. The van der Waals surface area contributed by atoms with E-state index in [4.69, 9.17) is 14.2 Å². The molecule has 1 unspecified atom stereocenters. The van der Waals surface area contributed by atoms with Crippen molar-refractivity contribution in [3.05, 3.63) is 126 Å². The van der Waals surface area contributed by atoms with E-state index in [9.17, 15) is 9.59 Å². The molecule has 6 heterocycles. The quantitative estimate of drug-likeness (QED) is 0.149. The Labute approximate surface area is 349 Å². The van der Waals surface area contributed by atoms with Gasteiger partial charge in [-0.25, -0.2) is 4.98 Å². The van der Waals surface area contributed by atoms with Gasteiger partial charge >= 0.3 is 0 Å². The smallest absolute Gasteiger partial charge is 0.255 e. The second kappa shape index (κ2) is 15.8. The Hall–Kier alpha value is -6.64. The normalized spacial score (nSPS) is 20.4. The lowest BCUT2D eigenvalue weighted by Gasteiger charge is -2.40. The summed E-state index contributed by atoms with van der Waals surface area (Å²) in [4.78, 5) is 38.6. The summed E-state index contributed by atoms with van der Waals surface area (Å²) in [7, 11) is 2.09. The zero-order valence-electron chi connectivity index (χ0n) is 33.6. The first-order valence-corrected chi connectivity index (χ1v) is 20.8. The summed E-state index contributed by atoms with van der Waals surface area (Å²) in [5.41, 5.74) is 8.78. The van der Waals surface area contributed by atoms with Crippen molar-refractivity contribution in [1.29, 1.82) is 0 Å². The molecule has 4 aliphatic rings. The molecule has 1 saturated carbocycles. The predicted molar refractivity (Wildman–Crippen MR) is 231 cm³/mol. The Morgan fingerprint density at radius 3 is 2.57 bits per heavy atom. The van der Waals surface area contributed by atoms with E-state index in [1.54, 1.807) is 17.0 Å². The molecule has 0 radical (unpaired) electrons. The fourth-order valence-corrected chi connectivity index (χ4v) is 9.03. The number of amides is 2. The fraction of sp³-hybridized carbons (Fsp3) is 0.306. The van der Waals surface area contributed by atoms with E-state index in [0.29, 0.717) is 42.3 Å². The maximum absolute atomic E-state index is 13.1. The summed E-state index contributed by atoms with van der Waals surface area (Å²) in [5.74, 6) is 7.39. The molecule has 2 amide bonds. The second-order valence-electron chi connectivity index (χ2n) is 16.3. The summed E-state index contributed by atoms with van der Waals surface area (Å²) in [6, 6.07) is 25.9. The minimum Gasteiger partial charge on any atom is -0.481 e. The average molecular weight is 799 g/mol. The lowest BCUT2D eigenvalue weighted by atomic mass is 9.91. The van der Waals surface area contributed by atoms with Crippen LogP contribution in [0.4, 0.5) is 5.69 Å². The molecule has 1 atom stereocenters. The molecule has 0 spiro atoms. The van der Waals surface area contributed by atoms with Crippen molar-refractivity contribution in [3.8, 4) is 34.6 Å². The predicted octanol–water partition coefficient (Wildman–Crippen LogP) is 7.56. The molecule has 302 valence electrons. The van der Waals surface area contributed by atoms with E-state index in [1.807, 2.05) is 36.8 Å². The van der Waals surface area contributed by atoms with Crippen LogP contribution in [0.15, 0.2) is 110 Å². The molecule has 11 heteroatoms. The van der Waals surface area contributed by atoms with Crippen LogP contribution in [0.5, 0.6) is 11.6 Å². The topological polar surface area (TPSA) is 111 Å². The van der Waals surface area contributed by atoms with Crippen molar-refractivity contribution in [1.82, 2.24) is 24.8 Å². The zero-order chi connectivity index (χ0) is 40.7. The van der Waals surface area contributed by atoms with Gasteiger partial charge in [0, 0.05) is 109 Å². The van der Waals surface area contributed by atoms with E-state index in [-0.39, 0.29) is 36.7 Å². The van der Waals surface area contributed by atoms with Gasteiger partial charge in [-0.1, -0.05) is 36.6 Å². The highest BCUT2D eigenvalue weighted by atomic mass is 16.5. The van der Waals surface area contributed by atoms with Gasteiger partial charge < -0.3 is 33.9 Å². The molecule has 1 aliphatic carbocycles. The van der Waals surface area contributed by atoms with E-state index in [1.165, 1.54) is 16.4 Å². The summed E-state index contributed by atoms with van der Waals surface area (Å²) < 4.78 is 20.9. The Balaban J connectivity index is 0.660. The number of carbonyl (C=O) groups is 2. The van der Waals surface area contributed by atoms with Gasteiger partial charge in [0.1, 0.15) is 24.5 Å². The van der Waals surface area contributed by atoms with E-state index in [0.717, 1.165) is 72.1 Å². The van der Waals surface area contributed by atoms with Crippen molar-refractivity contribution >= 4 is 39.3 Å². The Morgan fingerprint density at radius 2 is 1.73 bits per heavy atom. The van der Waals surface area contributed by atoms with E-state index >= 15 is 0 Å². The fourth-order valence-electron chi connectivity index (χ4n) is 9.03. The van der Waals surface area contributed by atoms with E-state index in [2.05, 4.69) is 98.8 Å². The number of anilines is 1. The molecule has 60 heavy (non-hydrogen) atoms. The molecule has 6 aromatic rings. The Morgan fingerprint density at radius 1 is 0.867 bits per heavy atom. The van der Waals surface area contributed by atoms with Crippen LogP contribution in [-0.4, -0.2) is 75.3 Å². The third-order valence-corrected chi connectivity index (χ3v) is 12.4. The number of allylic oxidation sites excluding steroid dienone is 1. The van der Waals surface area contributed by atoms with Crippen molar-refractivity contribution in [2.24, 2.45) is 7.05 Å². The minimum atomic E-state index is -0.485. The number of pyridine rings is 2. The third kappa shape index (κ3) is 7.44. The summed E-state index contributed by atoms with van der Waals surface area (Å²) in [6.07, 6.45) is 11.2. The molecule has 0 bridgehead atoms. The molecule has 3 aromatic carbocycles. The Kier molecular flexibility index (Phi) is 9.94. The van der Waals surface area contributed by atoms with Crippen LogP contribution in [0.1, 0.15) is 60.0 Å². The van der Waals surface area contributed by atoms with Gasteiger partial charge in [0.15, 0.2) is 0 Å². The monoisotopic (exact) mass is 798 g/mol. The number of aryl methyl sites for hydroxylation is 1. The van der Waals surface area contributed by atoms with Gasteiger partial charge in [-0.15, -0.1) is 0 Å². The largest absolute Gasteiger partial charge is 0.481 e. The molecule has 10 rings (SSSR count). The number of benzene rings is 3. The first kappa shape index (κ1) is 37.6. The van der Waals surface area contributed by atoms with Gasteiger partial charge in [-0.2, -0.15) is 0 Å². The minimum absolute atomic E-state index is 0.118. The molecular formula is C49H46N6O5. The molecule has 3 aromatic heterocycles. The average Bonchev–Trinajstić information content (AvgIpc) is 3.74. The summed E-state index contributed by atoms with van der Waals surface area (Å²) in [6.45, 7) is 6.30. The van der Waals surface area contributed by atoms with Crippen LogP contribution in [0.3, 0.4) is 0 Å². The number of piperidine rings is 2. The number of hydrogen-bond acceptors (Lipinski definition) is 8. The van der Waals surface area contributed by atoms with Crippen molar-refractivity contribution < 1.29 is 23.8 Å². The van der Waals surface area contributed by atoms with E-state index < -0.39 is 6.04 Å². The number of hydrogen-bond donors (Lipinski definition) is 1. The maximum Gasteiger partial charge on any atom is 0.255 e. The first-order chi connectivity index (χ1) is 29.3. The lowest BCUT2D eigenvalue weighted by Crippen LogP contribution is -2.49. The summed E-state index contributed by atoms with van der Waals surface area (Å²) in [5, 5.41) is 5.14.